The molecule has 29 heavy (non-hydrogen) atoms. The summed E-state index contributed by atoms with van der Waals surface area (Å²) in [5, 5.41) is 10.7. The summed E-state index contributed by atoms with van der Waals surface area (Å²) in [5.41, 5.74) is 1.56. The molecule has 4 nitrogen and oxygen atoms in total. The molecule has 0 radical (unpaired) electrons. The SMILES string of the molecule is O=C(COCCC1C[C@@H]2CCC[C@]2(O)C1)N(Cc1ccccc1)c1ccccc1. The van der Waals surface area contributed by atoms with E-state index in [9.17, 15) is 9.90 Å². The van der Waals surface area contributed by atoms with Crippen LogP contribution >= 0.6 is 0 Å². The fourth-order valence-electron chi connectivity index (χ4n) is 5.12. The van der Waals surface area contributed by atoms with Gasteiger partial charge in [-0.25, -0.2) is 0 Å². The van der Waals surface area contributed by atoms with Gasteiger partial charge in [-0.1, -0.05) is 55.0 Å². The molecule has 1 amide bonds. The van der Waals surface area contributed by atoms with E-state index in [2.05, 4.69) is 0 Å². The van der Waals surface area contributed by atoms with Crippen LogP contribution in [-0.4, -0.2) is 29.8 Å². The lowest BCUT2D eigenvalue weighted by Gasteiger charge is -2.23. The number of rotatable bonds is 8. The van der Waals surface area contributed by atoms with Crippen molar-refractivity contribution in [1.82, 2.24) is 0 Å². The highest BCUT2D eigenvalue weighted by Crippen LogP contribution is 2.50. The van der Waals surface area contributed by atoms with E-state index in [0.29, 0.717) is 25.0 Å². The summed E-state index contributed by atoms with van der Waals surface area (Å²) in [6, 6.07) is 19.8. The predicted octanol–water partition coefficient (Wildman–Crippen LogP) is 4.57. The topological polar surface area (TPSA) is 49.8 Å². The molecule has 2 aromatic carbocycles. The summed E-state index contributed by atoms with van der Waals surface area (Å²) in [6.45, 7) is 1.19. The van der Waals surface area contributed by atoms with Crippen LogP contribution in [0.4, 0.5) is 5.69 Å². The number of anilines is 1. The average molecular weight is 394 g/mol. The lowest BCUT2D eigenvalue weighted by molar-refractivity contribution is -0.123. The quantitative estimate of drug-likeness (QED) is 0.669. The Hall–Kier alpha value is -2.17. The van der Waals surface area contributed by atoms with Gasteiger partial charge in [0.2, 0.25) is 0 Å². The highest BCUT2D eigenvalue weighted by atomic mass is 16.5. The number of carbonyl (C=O) groups excluding carboxylic acids is 1. The van der Waals surface area contributed by atoms with Crippen molar-refractivity contribution in [2.75, 3.05) is 18.1 Å². The van der Waals surface area contributed by atoms with Gasteiger partial charge in [-0.15, -0.1) is 0 Å². The minimum absolute atomic E-state index is 0.0260. The van der Waals surface area contributed by atoms with Crippen molar-refractivity contribution in [2.24, 2.45) is 11.8 Å². The molecule has 4 heteroatoms. The first-order chi connectivity index (χ1) is 14.1. The smallest absolute Gasteiger partial charge is 0.253 e. The Morgan fingerprint density at radius 1 is 1.10 bits per heavy atom. The maximum Gasteiger partial charge on any atom is 0.253 e. The largest absolute Gasteiger partial charge is 0.390 e. The molecule has 0 saturated heterocycles. The second-order valence-electron chi connectivity index (χ2n) is 8.64. The monoisotopic (exact) mass is 393 g/mol. The van der Waals surface area contributed by atoms with Crippen LogP contribution in [0.3, 0.4) is 0 Å². The normalized spacial score (nSPS) is 25.7. The first-order valence-electron chi connectivity index (χ1n) is 10.8. The molecule has 0 spiro atoms. The number of fused-ring (bicyclic) bond motifs is 1. The van der Waals surface area contributed by atoms with Gasteiger partial charge in [0, 0.05) is 12.3 Å². The van der Waals surface area contributed by atoms with Crippen molar-refractivity contribution < 1.29 is 14.6 Å². The molecule has 1 N–H and O–H groups in total. The number of para-hydroxylation sites is 1. The molecule has 1 unspecified atom stereocenters. The Labute approximate surface area is 173 Å². The Kier molecular flexibility index (Phi) is 6.31. The zero-order valence-corrected chi connectivity index (χ0v) is 17.0. The summed E-state index contributed by atoms with van der Waals surface area (Å²) < 4.78 is 5.78. The average Bonchev–Trinajstić information content (AvgIpc) is 3.25. The summed E-state index contributed by atoms with van der Waals surface area (Å²) >= 11 is 0. The van der Waals surface area contributed by atoms with Gasteiger partial charge in [-0.2, -0.15) is 0 Å². The maximum absolute atomic E-state index is 12.9. The highest BCUT2D eigenvalue weighted by Gasteiger charge is 2.48. The Bertz CT molecular complexity index is 794. The lowest BCUT2D eigenvalue weighted by atomic mass is 9.95. The summed E-state index contributed by atoms with van der Waals surface area (Å²) in [5.74, 6) is 0.977. The van der Waals surface area contributed by atoms with Crippen LogP contribution in [0.1, 0.15) is 44.1 Å². The van der Waals surface area contributed by atoms with Crippen LogP contribution in [0, 0.1) is 11.8 Å². The van der Waals surface area contributed by atoms with Crippen molar-refractivity contribution in [2.45, 2.75) is 50.7 Å². The minimum Gasteiger partial charge on any atom is -0.390 e. The number of ether oxygens (including phenoxy) is 1. The van der Waals surface area contributed by atoms with Gasteiger partial charge in [0.05, 0.1) is 12.1 Å². The third kappa shape index (κ3) is 4.88. The van der Waals surface area contributed by atoms with Crippen LogP contribution in [0.15, 0.2) is 60.7 Å². The van der Waals surface area contributed by atoms with Crippen LogP contribution in [-0.2, 0) is 16.1 Å². The molecule has 2 aliphatic rings. The van der Waals surface area contributed by atoms with Gasteiger partial charge in [-0.3, -0.25) is 4.79 Å². The van der Waals surface area contributed by atoms with E-state index in [-0.39, 0.29) is 12.5 Å². The molecular weight excluding hydrogens is 362 g/mol. The van der Waals surface area contributed by atoms with Gasteiger partial charge in [-0.05, 0) is 61.6 Å². The van der Waals surface area contributed by atoms with Crippen molar-refractivity contribution in [3.8, 4) is 0 Å². The van der Waals surface area contributed by atoms with E-state index in [1.54, 1.807) is 4.90 Å². The van der Waals surface area contributed by atoms with Crippen LogP contribution in [0.25, 0.3) is 0 Å². The Morgan fingerprint density at radius 2 is 1.83 bits per heavy atom. The zero-order chi connectivity index (χ0) is 20.1. The minimum atomic E-state index is -0.416. The molecule has 4 rings (SSSR count). The van der Waals surface area contributed by atoms with Crippen molar-refractivity contribution >= 4 is 11.6 Å². The number of benzene rings is 2. The van der Waals surface area contributed by atoms with Gasteiger partial charge in [0.1, 0.15) is 6.61 Å². The maximum atomic E-state index is 12.9. The summed E-state index contributed by atoms with van der Waals surface area (Å²) in [4.78, 5) is 14.7. The number of hydrogen-bond donors (Lipinski definition) is 1. The molecular formula is C25H31NO3. The fourth-order valence-corrected chi connectivity index (χ4v) is 5.12. The molecule has 2 aliphatic carbocycles. The Morgan fingerprint density at radius 3 is 2.55 bits per heavy atom. The molecule has 3 atom stereocenters. The van der Waals surface area contributed by atoms with Crippen LogP contribution in [0.5, 0.6) is 0 Å². The number of aliphatic hydroxyl groups is 1. The third-order valence-corrected chi connectivity index (χ3v) is 6.63. The van der Waals surface area contributed by atoms with Gasteiger partial charge in [0.25, 0.3) is 5.91 Å². The number of amides is 1. The second-order valence-corrected chi connectivity index (χ2v) is 8.64. The van der Waals surface area contributed by atoms with Crippen LogP contribution in [0.2, 0.25) is 0 Å². The number of carbonyl (C=O) groups is 1. The molecule has 0 aliphatic heterocycles. The molecule has 2 fully saturated rings. The van der Waals surface area contributed by atoms with E-state index in [0.717, 1.165) is 49.8 Å². The van der Waals surface area contributed by atoms with Gasteiger partial charge < -0.3 is 14.7 Å². The van der Waals surface area contributed by atoms with E-state index >= 15 is 0 Å². The van der Waals surface area contributed by atoms with Crippen molar-refractivity contribution in [3.05, 3.63) is 66.2 Å². The molecule has 154 valence electrons. The molecule has 0 bridgehead atoms. The first kappa shape index (κ1) is 20.1. The van der Waals surface area contributed by atoms with E-state index in [4.69, 9.17) is 4.74 Å². The van der Waals surface area contributed by atoms with Crippen molar-refractivity contribution in [1.29, 1.82) is 0 Å². The standard InChI is InChI=1S/C25H31NO3/c27-24(19-29-15-13-21-16-22-10-7-14-25(22,28)17-21)26(23-11-5-2-6-12-23)18-20-8-3-1-4-9-20/h1-6,8-9,11-12,21-22,28H,7,10,13-19H2/t21?,22-,25-/m0/s1. The molecule has 0 aromatic heterocycles. The zero-order valence-electron chi connectivity index (χ0n) is 17.0. The Balaban J connectivity index is 1.29. The van der Waals surface area contributed by atoms with E-state index in [1.165, 1.54) is 0 Å². The molecule has 2 saturated carbocycles. The molecule has 0 heterocycles. The van der Waals surface area contributed by atoms with E-state index in [1.807, 2.05) is 60.7 Å². The fraction of sp³-hybridized carbons (Fsp3) is 0.480. The predicted molar refractivity (Wildman–Crippen MR) is 115 cm³/mol. The lowest BCUT2D eigenvalue weighted by Crippen LogP contribution is -2.33. The molecule has 2 aromatic rings. The first-order valence-corrected chi connectivity index (χ1v) is 10.8. The van der Waals surface area contributed by atoms with Crippen LogP contribution < -0.4 is 4.90 Å². The number of hydrogen-bond acceptors (Lipinski definition) is 3. The van der Waals surface area contributed by atoms with Crippen molar-refractivity contribution in [3.63, 3.8) is 0 Å². The van der Waals surface area contributed by atoms with E-state index < -0.39 is 5.60 Å². The number of nitrogens with zero attached hydrogens (tertiary/aromatic N) is 1. The van der Waals surface area contributed by atoms with Gasteiger partial charge >= 0.3 is 0 Å². The van der Waals surface area contributed by atoms with Gasteiger partial charge in [0.15, 0.2) is 0 Å². The third-order valence-electron chi connectivity index (χ3n) is 6.63. The summed E-state index contributed by atoms with van der Waals surface area (Å²) in [7, 11) is 0. The highest BCUT2D eigenvalue weighted by molar-refractivity contribution is 5.94. The second kappa shape index (κ2) is 9.10. The summed E-state index contributed by atoms with van der Waals surface area (Å²) in [6.07, 6.45) is 6.22.